The van der Waals surface area contributed by atoms with Gasteiger partial charge in [-0.25, -0.2) is 9.80 Å². The lowest BCUT2D eigenvalue weighted by Crippen LogP contribution is -2.51. The van der Waals surface area contributed by atoms with E-state index in [0.717, 1.165) is 27.8 Å². The van der Waals surface area contributed by atoms with Gasteiger partial charge in [0.25, 0.3) is 0 Å². The van der Waals surface area contributed by atoms with Gasteiger partial charge in [-0.3, -0.25) is 19.2 Å². The van der Waals surface area contributed by atoms with Crippen molar-refractivity contribution < 1.29 is 19.2 Å². The fraction of sp³-hybridized carbons (Fsp3) is 0.278. The number of allylic oxidation sites excluding steroid dienone is 4. The largest absolute Gasteiger partial charge is 0.274 e. The zero-order valence-corrected chi connectivity index (χ0v) is 25.5. The lowest BCUT2D eigenvalue weighted by atomic mass is 9.49. The van der Waals surface area contributed by atoms with E-state index in [9.17, 15) is 19.2 Å². The molecule has 3 fully saturated rings. The minimum absolute atomic E-state index is 0.246. The average Bonchev–Trinajstić information content (AvgIpc) is 3.45. The van der Waals surface area contributed by atoms with Crippen LogP contribution in [0.15, 0.2) is 84.5 Å². The number of carbonyl (C=O) groups excluding carboxylic acids is 4. The summed E-state index contributed by atoms with van der Waals surface area (Å²) in [7, 11) is 0. The van der Waals surface area contributed by atoms with E-state index >= 15 is 0 Å². The number of rotatable bonds is 3. The van der Waals surface area contributed by atoms with E-state index in [1.54, 1.807) is 24.3 Å². The second kappa shape index (κ2) is 9.75. The van der Waals surface area contributed by atoms with Crippen molar-refractivity contribution >= 4 is 63.8 Å². The molecule has 3 aromatic rings. The molecule has 0 radical (unpaired) electrons. The normalized spacial score (nSPS) is 30.3. The molecule has 3 aromatic carbocycles. The second-order valence-corrected chi connectivity index (χ2v) is 13.4. The van der Waals surface area contributed by atoms with Gasteiger partial charge in [-0.1, -0.05) is 83.4 Å². The number of imide groups is 2. The summed E-state index contributed by atoms with van der Waals surface area (Å²) in [5.41, 5.74) is 5.60. The Morgan fingerprint density at radius 2 is 1.20 bits per heavy atom. The monoisotopic (exact) mass is 622 g/mol. The van der Waals surface area contributed by atoms with Crippen molar-refractivity contribution in [1.29, 1.82) is 0 Å². The molecule has 6 aliphatic rings. The number of fused-ring (bicyclic) bond motifs is 1. The minimum atomic E-state index is -0.644. The number of amides is 4. The number of carbonyl (C=O) groups is 4. The van der Waals surface area contributed by atoms with E-state index in [4.69, 9.17) is 23.2 Å². The summed E-state index contributed by atoms with van der Waals surface area (Å²) >= 11 is 12.8. The Morgan fingerprint density at radius 1 is 0.636 bits per heavy atom. The van der Waals surface area contributed by atoms with Gasteiger partial charge in [-0.2, -0.15) is 0 Å². The van der Waals surface area contributed by atoms with Crippen LogP contribution in [0.2, 0.25) is 10.0 Å². The lowest BCUT2D eigenvalue weighted by molar-refractivity contribution is -0.129. The van der Waals surface area contributed by atoms with Crippen molar-refractivity contribution in [3.8, 4) is 0 Å². The highest BCUT2D eigenvalue weighted by Gasteiger charge is 2.67. The first-order chi connectivity index (χ1) is 21.2. The van der Waals surface area contributed by atoms with Gasteiger partial charge in [0, 0.05) is 21.9 Å². The van der Waals surface area contributed by atoms with Crippen LogP contribution >= 0.6 is 23.2 Å². The molecule has 4 amide bonds. The molecule has 2 heterocycles. The van der Waals surface area contributed by atoms with Crippen molar-refractivity contribution in [1.82, 2.24) is 0 Å². The van der Waals surface area contributed by atoms with Crippen molar-refractivity contribution in [2.45, 2.75) is 20.3 Å². The molecule has 8 heteroatoms. The van der Waals surface area contributed by atoms with Crippen molar-refractivity contribution in [3.05, 3.63) is 111 Å². The van der Waals surface area contributed by atoms with Crippen LogP contribution in [-0.2, 0) is 19.2 Å². The van der Waals surface area contributed by atoms with Gasteiger partial charge in [0.2, 0.25) is 23.6 Å². The Labute approximate surface area is 264 Å². The fourth-order valence-electron chi connectivity index (χ4n) is 8.47. The Hall–Kier alpha value is -4.00. The average molecular weight is 624 g/mol. The Kier molecular flexibility index (Phi) is 6.10. The number of aryl methyl sites for hydroxylation is 2. The molecule has 2 saturated heterocycles. The number of hydrogen-bond donors (Lipinski definition) is 0. The van der Waals surface area contributed by atoms with Crippen LogP contribution in [0.4, 0.5) is 11.4 Å². The molecule has 4 aliphatic carbocycles. The number of anilines is 2. The molecule has 9 rings (SSSR count). The predicted molar refractivity (Wildman–Crippen MR) is 169 cm³/mol. The smallest absolute Gasteiger partial charge is 0.238 e. The first kappa shape index (κ1) is 27.5. The number of nitrogens with zero attached hydrogens (tertiary/aromatic N) is 2. The quantitative estimate of drug-likeness (QED) is 0.237. The van der Waals surface area contributed by atoms with E-state index in [1.165, 1.54) is 9.80 Å². The first-order valence-electron chi connectivity index (χ1n) is 14.9. The van der Waals surface area contributed by atoms with Crippen LogP contribution in [0.1, 0.15) is 23.1 Å². The van der Waals surface area contributed by atoms with Crippen LogP contribution in [0.3, 0.4) is 0 Å². The molecule has 2 bridgehead atoms. The maximum absolute atomic E-state index is 14.4. The topological polar surface area (TPSA) is 74.8 Å². The number of halogens is 2. The highest BCUT2D eigenvalue weighted by Crippen LogP contribution is 2.63. The first-order valence-corrected chi connectivity index (χ1v) is 15.7. The summed E-state index contributed by atoms with van der Waals surface area (Å²) < 4.78 is 0. The molecule has 0 unspecified atom stereocenters. The van der Waals surface area contributed by atoms with Crippen molar-refractivity contribution in [2.75, 3.05) is 9.80 Å². The molecule has 44 heavy (non-hydrogen) atoms. The van der Waals surface area contributed by atoms with Gasteiger partial charge < -0.3 is 0 Å². The SMILES string of the molecule is Cc1ccc(N2C(=O)[C@H]3[C@@H]4C=C[C@H](C5=C(c6ccccc6)C[C@H]6C(=O)N(c7ccc(C)c(Cl)c7)C(=O)[C@@H]6[C@H]54)[C@H]3C2=O)cc1Cl. The zero-order chi connectivity index (χ0) is 30.6. The van der Waals surface area contributed by atoms with E-state index in [2.05, 4.69) is 6.08 Å². The van der Waals surface area contributed by atoms with Crippen LogP contribution in [0, 0.1) is 55.3 Å². The van der Waals surface area contributed by atoms with Crippen LogP contribution in [-0.4, -0.2) is 23.6 Å². The van der Waals surface area contributed by atoms with E-state index in [-0.39, 0.29) is 35.5 Å². The summed E-state index contributed by atoms with van der Waals surface area (Å²) in [5, 5.41) is 0.964. The summed E-state index contributed by atoms with van der Waals surface area (Å²) in [4.78, 5) is 59.4. The van der Waals surface area contributed by atoms with Crippen LogP contribution in [0.5, 0.6) is 0 Å². The number of hydrogen-bond acceptors (Lipinski definition) is 4. The van der Waals surface area contributed by atoms with Gasteiger partial charge in [0.05, 0.1) is 35.0 Å². The Bertz CT molecular complexity index is 1880. The maximum atomic E-state index is 14.4. The third-order valence-corrected chi connectivity index (χ3v) is 11.3. The molecule has 1 saturated carbocycles. The van der Waals surface area contributed by atoms with Crippen LogP contribution in [0.25, 0.3) is 5.57 Å². The van der Waals surface area contributed by atoms with Gasteiger partial charge in [-0.05, 0) is 72.7 Å². The van der Waals surface area contributed by atoms with E-state index in [0.29, 0.717) is 27.8 Å². The summed E-state index contributed by atoms with van der Waals surface area (Å²) in [5.74, 6) is -4.65. The molecule has 220 valence electrons. The fourth-order valence-corrected chi connectivity index (χ4v) is 8.82. The molecule has 0 N–H and O–H groups in total. The second-order valence-electron chi connectivity index (χ2n) is 12.6. The van der Waals surface area contributed by atoms with Crippen molar-refractivity contribution in [3.63, 3.8) is 0 Å². The Morgan fingerprint density at radius 3 is 1.82 bits per heavy atom. The lowest BCUT2D eigenvalue weighted by Gasteiger charge is -2.51. The van der Waals surface area contributed by atoms with Gasteiger partial charge in [0.1, 0.15) is 0 Å². The van der Waals surface area contributed by atoms with Gasteiger partial charge in [-0.15, -0.1) is 0 Å². The predicted octanol–water partition coefficient (Wildman–Crippen LogP) is 6.81. The minimum Gasteiger partial charge on any atom is -0.274 e. The summed E-state index contributed by atoms with van der Waals surface area (Å²) in [6.45, 7) is 3.74. The van der Waals surface area contributed by atoms with Gasteiger partial charge in [0.15, 0.2) is 0 Å². The van der Waals surface area contributed by atoms with Crippen LogP contribution < -0.4 is 9.80 Å². The third-order valence-electron chi connectivity index (χ3n) is 10.5. The number of benzene rings is 3. The summed E-state index contributed by atoms with van der Waals surface area (Å²) in [6.07, 6.45) is 4.45. The van der Waals surface area contributed by atoms with Gasteiger partial charge >= 0.3 is 0 Å². The molecule has 6 nitrogen and oxygen atoms in total. The molecule has 2 aliphatic heterocycles. The molecule has 0 aromatic heterocycles. The molecule has 7 atom stereocenters. The zero-order valence-electron chi connectivity index (χ0n) is 24.0. The Balaban J connectivity index is 1.28. The maximum Gasteiger partial charge on any atom is 0.238 e. The molecular formula is C36H28Cl2N2O4. The standard InChI is InChI=1S/C36H28Cl2N2O4/c1-17-8-10-20(14-26(17)37)39-33(41)25-16-24(19-6-4-3-5-7-19)28-22-12-13-23(29(28)32(25)36(39)44)31-30(22)34(42)40(35(31)43)21-11-9-18(2)27(38)15-21/h3-15,22-23,25,29-32H,16H2,1-2H3/t22-,23-,25-,29+,30-,31+,32+/m1/s1. The molecular weight excluding hydrogens is 595 g/mol. The van der Waals surface area contributed by atoms with Crippen molar-refractivity contribution in [2.24, 2.45) is 41.4 Å². The van der Waals surface area contributed by atoms with E-state index < -0.39 is 29.6 Å². The molecule has 0 spiro atoms. The third kappa shape index (κ3) is 3.67. The summed E-state index contributed by atoms with van der Waals surface area (Å²) in [6, 6.07) is 20.4. The van der Waals surface area contributed by atoms with E-state index in [1.807, 2.05) is 62.4 Å². The highest BCUT2D eigenvalue weighted by molar-refractivity contribution is 6.33. The highest BCUT2D eigenvalue weighted by atomic mass is 35.5.